The lowest BCUT2D eigenvalue weighted by Gasteiger charge is -2.06. The summed E-state index contributed by atoms with van der Waals surface area (Å²) in [4.78, 5) is 8.57. The van der Waals surface area contributed by atoms with E-state index in [0.717, 1.165) is 53.1 Å². The summed E-state index contributed by atoms with van der Waals surface area (Å²) >= 11 is 0. The number of benzene rings is 2. The number of hydrogen-bond acceptors (Lipinski definition) is 3. The van der Waals surface area contributed by atoms with Crippen LogP contribution in [-0.2, 0) is 13.5 Å². The van der Waals surface area contributed by atoms with Gasteiger partial charge in [0.15, 0.2) is 5.82 Å². The highest BCUT2D eigenvalue weighted by Crippen LogP contribution is 2.36. The molecule has 2 heterocycles. The van der Waals surface area contributed by atoms with Gasteiger partial charge in [-0.25, -0.2) is 4.98 Å². The highest BCUT2D eigenvalue weighted by Gasteiger charge is 2.19. The first-order valence-corrected chi connectivity index (χ1v) is 9.45. The number of imidazole rings is 1. The maximum Gasteiger partial charge on any atom is 0.157 e. The van der Waals surface area contributed by atoms with Crippen molar-refractivity contribution in [1.82, 2.24) is 14.5 Å². The van der Waals surface area contributed by atoms with Crippen LogP contribution in [0.1, 0.15) is 24.0 Å². The van der Waals surface area contributed by atoms with Gasteiger partial charge < -0.3 is 20.0 Å². The first-order chi connectivity index (χ1) is 13.1. The van der Waals surface area contributed by atoms with Gasteiger partial charge in [0.2, 0.25) is 0 Å². The van der Waals surface area contributed by atoms with Crippen LogP contribution in [0.3, 0.4) is 0 Å². The number of para-hydroxylation sites is 2. The first-order valence-electron chi connectivity index (χ1n) is 9.45. The fraction of sp³-hybridized carbons (Fsp3) is 0.318. The lowest BCUT2D eigenvalue weighted by atomic mass is 10.0. The van der Waals surface area contributed by atoms with E-state index >= 15 is 0 Å². The Labute approximate surface area is 159 Å². The summed E-state index contributed by atoms with van der Waals surface area (Å²) in [6.07, 6.45) is 3.02. The van der Waals surface area contributed by atoms with E-state index in [1.807, 2.05) is 6.07 Å². The molecule has 0 aliphatic rings. The topological polar surface area (TPSA) is 68.9 Å². The highest BCUT2D eigenvalue weighted by atomic mass is 16.5. The Kier molecular flexibility index (Phi) is 4.62. The van der Waals surface area contributed by atoms with Crippen molar-refractivity contribution in [1.29, 1.82) is 0 Å². The predicted molar refractivity (Wildman–Crippen MR) is 111 cm³/mol. The third-order valence-electron chi connectivity index (χ3n) is 5.31. The zero-order chi connectivity index (χ0) is 19.0. The standard InChI is InChI=1S/C22H26N4O/c1-14-12-15(27-3)13-17-16(8-6-7-11-23)21(25-20(14)17)22-24-18-9-4-5-10-19(18)26(22)2/h4-5,9-10,12-13,25H,6-8,11,23H2,1-3H3. The fourth-order valence-electron chi connectivity index (χ4n) is 3.88. The maximum absolute atomic E-state index is 5.73. The van der Waals surface area contributed by atoms with Crippen molar-refractivity contribution < 1.29 is 4.74 Å². The van der Waals surface area contributed by atoms with Gasteiger partial charge in [-0.15, -0.1) is 0 Å². The predicted octanol–water partition coefficient (Wildman–Crippen LogP) is 4.32. The second-order valence-electron chi connectivity index (χ2n) is 7.07. The summed E-state index contributed by atoms with van der Waals surface area (Å²) in [5.41, 5.74) is 12.6. The third-order valence-corrected chi connectivity index (χ3v) is 5.31. The van der Waals surface area contributed by atoms with E-state index in [1.54, 1.807) is 7.11 Å². The molecule has 0 aliphatic carbocycles. The van der Waals surface area contributed by atoms with Crippen molar-refractivity contribution in [3.05, 3.63) is 47.5 Å². The summed E-state index contributed by atoms with van der Waals surface area (Å²) in [6, 6.07) is 12.4. The smallest absolute Gasteiger partial charge is 0.157 e. The quantitative estimate of drug-likeness (QED) is 0.502. The van der Waals surface area contributed by atoms with Crippen molar-refractivity contribution in [3.8, 4) is 17.3 Å². The minimum Gasteiger partial charge on any atom is -0.497 e. The minimum atomic E-state index is 0.715. The van der Waals surface area contributed by atoms with Gasteiger partial charge in [-0.1, -0.05) is 12.1 Å². The number of nitrogens with two attached hydrogens (primary N) is 1. The number of nitrogens with one attached hydrogen (secondary N) is 1. The zero-order valence-corrected chi connectivity index (χ0v) is 16.2. The molecule has 0 radical (unpaired) electrons. The number of nitrogens with zero attached hydrogens (tertiary/aromatic N) is 2. The Morgan fingerprint density at radius 1 is 1.19 bits per heavy atom. The number of rotatable bonds is 6. The van der Waals surface area contributed by atoms with Gasteiger partial charge >= 0.3 is 0 Å². The molecule has 2 aromatic heterocycles. The number of aromatic nitrogens is 3. The lowest BCUT2D eigenvalue weighted by molar-refractivity contribution is 0.415. The van der Waals surface area contributed by atoms with Gasteiger partial charge in [-0.2, -0.15) is 0 Å². The number of hydrogen-bond donors (Lipinski definition) is 2. The molecule has 0 saturated heterocycles. The Hall–Kier alpha value is -2.79. The van der Waals surface area contributed by atoms with Crippen LogP contribution in [0.15, 0.2) is 36.4 Å². The molecule has 5 nitrogen and oxygen atoms in total. The Balaban J connectivity index is 1.96. The molecular weight excluding hydrogens is 336 g/mol. The van der Waals surface area contributed by atoms with E-state index in [-0.39, 0.29) is 0 Å². The zero-order valence-electron chi connectivity index (χ0n) is 16.2. The van der Waals surface area contributed by atoms with Crippen LogP contribution in [0.25, 0.3) is 33.5 Å². The number of unbranched alkanes of at least 4 members (excludes halogenated alkanes) is 1. The average molecular weight is 362 g/mol. The maximum atomic E-state index is 5.73. The number of H-pyrrole nitrogens is 1. The van der Waals surface area contributed by atoms with Crippen molar-refractivity contribution in [3.63, 3.8) is 0 Å². The Morgan fingerprint density at radius 3 is 2.74 bits per heavy atom. The molecule has 3 N–H and O–H groups in total. The number of ether oxygens (including phenoxy) is 1. The SMILES string of the molecule is COc1cc(C)c2[nH]c(-c3nc4ccccc4n3C)c(CCCCN)c2c1. The minimum absolute atomic E-state index is 0.715. The lowest BCUT2D eigenvalue weighted by Crippen LogP contribution is -2.00. The van der Waals surface area contributed by atoms with E-state index in [1.165, 1.54) is 16.5 Å². The van der Waals surface area contributed by atoms with Gasteiger partial charge in [0.25, 0.3) is 0 Å². The molecule has 27 heavy (non-hydrogen) atoms. The third kappa shape index (κ3) is 2.98. The van der Waals surface area contributed by atoms with E-state index in [9.17, 15) is 0 Å². The van der Waals surface area contributed by atoms with Gasteiger partial charge in [0, 0.05) is 18.0 Å². The number of aromatic amines is 1. The normalized spacial score (nSPS) is 11.6. The van der Waals surface area contributed by atoms with Crippen LogP contribution in [0, 0.1) is 6.92 Å². The molecule has 5 heteroatoms. The average Bonchev–Trinajstić information content (AvgIpc) is 3.20. The van der Waals surface area contributed by atoms with E-state index < -0.39 is 0 Å². The van der Waals surface area contributed by atoms with E-state index in [2.05, 4.69) is 53.9 Å². The first kappa shape index (κ1) is 17.6. The van der Waals surface area contributed by atoms with Crippen molar-refractivity contribution in [2.75, 3.05) is 13.7 Å². The largest absolute Gasteiger partial charge is 0.497 e. The molecule has 2 aromatic carbocycles. The molecule has 4 rings (SSSR count). The fourth-order valence-corrected chi connectivity index (χ4v) is 3.88. The number of aryl methyl sites for hydroxylation is 3. The van der Waals surface area contributed by atoms with Gasteiger partial charge in [-0.3, -0.25) is 0 Å². The molecule has 0 fully saturated rings. The molecule has 0 spiro atoms. The van der Waals surface area contributed by atoms with Crippen molar-refractivity contribution in [2.45, 2.75) is 26.2 Å². The summed E-state index contributed by atoms with van der Waals surface area (Å²) in [5, 5.41) is 1.21. The van der Waals surface area contributed by atoms with Crippen LogP contribution in [0.2, 0.25) is 0 Å². The molecule has 0 atom stereocenters. The second kappa shape index (κ2) is 7.08. The molecule has 4 aromatic rings. The highest BCUT2D eigenvalue weighted by molar-refractivity contribution is 5.94. The van der Waals surface area contributed by atoms with Crippen molar-refractivity contribution in [2.24, 2.45) is 12.8 Å². The van der Waals surface area contributed by atoms with Crippen LogP contribution in [-0.4, -0.2) is 28.2 Å². The second-order valence-corrected chi connectivity index (χ2v) is 7.07. The van der Waals surface area contributed by atoms with Crippen LogP contribution < -0.4 is 10.5 Å². The molecule has 0 aliphatic heterocycles. The molecule has 0 unspecified atom stereocenters. The summed E-state index contributed by atoms with van der Waals surface area (Å²) in [6.45, 7) is 2.83. The Morgan fingerprint density at radius 2 is 2.00 bits per heavy atom. The van der Waals surface area contributed by atoms with Crippen molar-refractivity contribution >= 4 is 21.9 Å². The van der Waals surface area contributed by atoms with Crippen LogP contribution in [0.4, 0.5) is 0 Å². The van der Waals surface area contributed by atoms with E-state index in [4.69, 9.17) is 15.5 Å². The number of methoxy groups -OCH3 is 1. The van der Waals surface area contributed by atoms with Crippen LogP contribution in [0.5, 0.6) is 5.75 Å². The molecule has 0 saturated carbocycles. The summed E-state index contributed by atoms with van der Waals surface area (Å²) < 4.78 is 7.68. The van der Waals surface area contributed by atoms with E-state index in [0.29, 0.717) is 6.54 Å². The molecule has 140 valence electrons. The molecule has 0 amide bonds. The monoisotopic (exact) mass is 362 g/mol. The molecular formula is C22H26N4O. The molecule has 0 bridgehead atoms. The van der Waals surface area contributed by atoms with Gasteiger partial charge in [0.1, 0.15) is 5.75 Å². The van der Waals surface area contributed by atoms with Gasteiger partial charge in [0.05, 0.1) is 23.8 Å². The van der Waals surface area contributed by atoms with Crippen LogP contribution >= 0.6 is 0 Å². The number of fused-ring (bicyclic) bond motifs is 2. The van der Waals surface area contributed by atoms with Gasteiger partial charge in [-0.05, 0) is 68.1 Å². The summed E-state index contributed by atoms with van der Waals surface area (Å²) in [7, 11) is 3.79. The summed E-state index contributed by atoms with van der Waals surface area (Å²) in [5.74, 6) is 1.85. The Bertz CT molecular complexity index is 1110.